The number of benzene rings is 2. The number of hydrogen-bond acceptors (Lipinski definition) is 4. The minimum Gasteiger partial charge on any atom is -0.481 e. The number of carbonyl (C=O) groups is 2. The lowest BCUT2D eigenvalue weighted by Gasteiger charge is -2.19. The average Bonchev–Trinajstić information content (AvgIpc) is 2.67. The average molecular weight is 369 g/mol. The summed E-state index contributed by atoms with van der Waals surface area (Å²) in [5, 5.41) is 2.81. The van der Waals surface area contributed by atoms with Crippen molar-refractivity contribution in [2.75, 3.05) is 13.2 Å². The molecule has 1 amide bonds. The van der Waals surface area contributed by atoms with E-state index in [4.69, 9.17) is 9.47 Å². The van der Waals surface area contributed by atoms with Crippen LogP contribution < -0.4 is 10.1 Å². The Morgan fingerprint density at radius 2 is 1.70 bits per heavy atom. The van der Waals surface area contributed by atoms with E-state index in [1.54, 1.807) is 13.8 Å². The number of hydrogen-bond donors (Lipinski definition) is 1. The molecule has 2 aromatic rings. The van der Waals surface area contributed by atoms with Crippen molar-refractivity contribution in [3.05, 3.63) is 65.7 Å². The van der Waals surface area contributed by atoms with Crippen molar-refractivity contribution in [1.29, 1.82) is 0 Å². The fourth-order valence-electron chi connectivity index (χ4n) is 2.64. The minimum absolute atomic E-state index is 0.203. The van der Waals surface area contributed by atoms with Crippen molar-refractivity contribution in [1.82, 2.24) is 5.32 Å². The molecule has 27 heavy (non-hydrogen) atoms. The molecule has 144 valence electrons. The third kappa shape index (κ3) is 6.77. The Hall–Kier alpha value is -2.82. The summed E-state index contributed by atoms with van der Waals surface area (Å²) in [6.45, 7) is 5.96. The molecular formula is C22H27NO4. The fraction of sp³-hybridized carbons (Fsp3) is 0.364. The summed E-state index contributed by atoms with van der Waals surface area (Å²) in [6.07, 6.45) is -0.153. The summed E-state index contributed by atoms with van der Waals surface area (Å²) < 4.78 is 10.8. The van der Waals surface area contributed by atoms with Gasteiger partial charge in [0, 0.05) is 6.54 Å². The number of amides is 1. The lowest BCUT2D eigenvalue weighted by atomic mass is 9.99. The molecule has 0 aromatic heterocycles. The molecule has 1 N–H and O–H groups in total. The van der Waals surface area contributed by atoms with Crippen molar-refractivity contribution in [2.45, 2.75) is 33.3 Å². The monoisotopic (exact) mass is 369 g/mol. The number of aryl methyl sites for hydroxylation is 1. The van der Waals surface area contributed by atoms with E-state index in [1.807, 2.05) is 61.5 Å². The summed E-state index contributed by atoms with van der Waals surface area (Å²) in [6, 6.07) is 17.2. The molecule has 0 heterocycles. The second kappa shape index (κ2) is 10.4. The van der Waals surface area contributed by atoms with Crippen molar-refractivity contribution in [3.63, 3.8) is 0 Å². The fourth-order valence-corrected chi connectivity index (χ4v) is 2.64. The summed E-state index contributed by atoms with van der Waals surface area (Å²) in [5.41, 5.74) is 2.14. The Kier molecular flexibility index (Phi) is 7.86. The number of esters is 1. The molecular weight excluding hydrogens is 342 g/mol. The van der Waals surface area contributed by atoms with Gasteiger partial charge in [-0.05, 0) is 44.9 Å². The van der Waals surface area contributed by atoms with E-state index in [9.17, 15) is 9.59 Å². The zero-order valence-corrected chi connectivity index (χ0v) is 16.1. The first kappa shape index (κ1) is 20.5. The highest BCUT2D eigenvalue weighted by molar-refractivity contribution is 5.81. The van der Waals surface area contributed by atoms with Gasteiger partial charge in [-0.2, -0.15) is 0 Å². The molecule has 0 spiro atoms. The normalized spacial score (nSPS) is 12.7. The van der Waals surface area contributed by atoms with Crippen LogP contribution in [0.5, 0.6) is 5.75 Å². The number of carbonyl (C=O) groups excluding carboxylic acids is 2. The van der Waals surface area contributed by atoms with E-state index < -0.39 is 12.0 Å². The molecule has 5 nitrogen and oxygen atoms in total. The highest BCUT2D eigenvalue weighted by Crippen LogP contribution is 2.14. The lowest BCUT2D eigenvalue weighted by Crippen LogP contribution is -2.41. The zero-order valence-electron chi connectivity index (χ0n) is 16.1. The third-order valence-corrected chi connectivity index (χ3v) is 4.17. The maximum atomic E-state index is 12.4. The van der Waals surface area contributed by atoms with Crippen molar-refractivity contribution >= 4 is 11.9 Å². The quantitative estimate of drug-likeness (QED) is 0.689. The van der Waals surface area contributed by atoms with Gasteiger partial charge < -0.3 is 14.8 Å². The van der Waals surface area contributed by atoms with Gasteiger partial charge in [-0.1, -0.05) is 48.0 Å². The molecule has 5 heteroatoms. The molecule has 2 atom stereocenters. The highest BCUT2D eigenvalue weighted by atomic mass is 16.5. The first-order valence-corrected chi connectivity index (χ1v) is 9.21. The highest BCUT2D eigenvalue weighted by Gasteiger charge is 2.23. The predicted molar refractivity (Wildman–Crippen MR) is 105 cm³/mol. The first-order valence-electron chi connectivity index (χ1n) is 9.21. The molecule has 2 unspecified atom stereocenters. The topological polar surface area (TPSA) is 64.6 Å². The van der Waals surface area contributed by atoms with E-state index >= 15 is 0 Å². The molecule has 0 bridgehead atoms. The SMILES string of the molecule is CCOC(=O)C(CNC(=O)C(C)Oc1ccc(C)cc1)Cc1ccccc1. The van der Waals surface area contributed by atoms with Gasteiger partial charge in [0.05, 0.1) is 12.5 Å². The molecule has 0 fully saturated rings. The van der Waals surface area contributed by atoms with E-state index in [1.165, 1.54) is 0 Å². The molecule has 2 aromatic carbocycles. The van der Waals surface area contributed by atoms with Crippen LogP contribution in [0.15, 0.2) is 54.6 Å². The van der Waals surface area contributed by atoms with Crippen LogP contribution in [0, 0.1) is 12.8 Å². The van der Waals surface area contributed by atoms with Crippen LogP contribution in [0.1, 0.15) is 25.0 Å². The van der Waals surface area contributed by atoms with Gasteiger partial charge >= 0.3 is 5.97 Å². The van der Waals surface area contributed by atoms with Gasteiger partial charge in [-0.25, -0.2) is 0 Å². The molecule has 0 saturated heterocycles. The second-order valence-electron chi connectivity index (χ2n) is 6.46. The van der Waals surface area contributed by atoms with Crippen molar-refractivity contribution in [3.8, 4) is 5.75 Å². The third-order valence-electron chi connectivity index (χ3n) is 4.17. The molecule has 2 rings (SSSR count). The summed E-state index contributed by atoms with van der Waals surface area (Å²) in [5.74, 6) is -0.385. The molecule has 0 aliphatic carbocycles. The van der Waals surface area contributed by atoms with E-state index in [-0.39, 0.29) is 18.4 Å². The summed E-state index contributed by atoms with van der Waals surface area (Å²) >= 11 is 0. The molecule has 0 saturated carbocycles. The van der Waals surface area contributed by atoms with Crippen LogP contribution in [0.25, 0.3) is 0 Å². The Bertz CT molecular complexity index is 728. The standard InChI is InChI=1S/C22H27NO4/c1-4-26-22(25)19(14-18-8-6-5-7-9-18)15-23-21(24)17(3)27-20-12-10-16(2)11-13-20/h5-13,17,19H,4,14-15H2,1-3H3,(H,23,24). The van der Waals surface area contributed by atoms with Gasteiger partial charge in [-0.15, -0.1) is 0 Å². The van der Waals surface area contributed by atoms with Crippen LogP contribution in [0.2, 0.25) is 0 Å². The Morgan fingerprint density at radius 3 is 2.33 bits per heavy atom. The summed E-state index contributed by atoms with van der Waals surface area (Å²) in [4.78, 5) is 24.6. The van der Waals surface area contributed by atoms with Gasteiger partial charge in [0.1, 0.15) is 5.75 Å². The van der Waals surface area contributed by atoms with Crippen LogP contribution in [0.4, 0.5) is 0 Å². The molecule has 0 aliphatic rings. The van der Waals surface area contributed by atoms with E-state index in [0.29, 0.717) is 18.8 Å². The lowest BCUT2D eigenvalue weighted by molar-refractivity contribution is -0.148. The molecule has 0 aliphatic heterocycles. The Morgan fingerprint density at radius 1 is 1.04 bits per heavy atom. The van der Waals surface area contributed by atoms with Gasteiger partial charge in [0.25, 0.3) is 5.91 Å². The second-order valence-corrected chi connectivity index (χ2v) is 6.46. The maximum absolute atomic E-state index is 12.4. The van der Waals surface area contributed by atoms with E-state index in [0.717, 1.165) is 11.1 Å². The van der Waals surface area contributed by atoms with E-state index in [2.05, 4.69) is 5.32 Å². The minimum atomic E-state index is -0.660. The Labute approximate surface area is 160 Å². The van der Waals surface area contributed by atoms with Crippen LogP contribution in [0.3, 0.4) is 0 Å². The smallest absolute Gasteiger partial charge is 0.311 e. The summed E-state index contributed by atoms with van der Waals surface area (Å²) in [7, 11) is 0. The predicted octanol–water partition coefficient (Wildman–Crippen LogP) is 3.30. The van der Waals surface area contributed by atoms with Crippen LogP contribution >= 0.6 is 0 Å². The maximum Gasteiger partial charge on any atom is 0.311 e. The number of rotatable bonds is 9. The van der Waals surface area contributed by atoms with Gasteiger partial charge in [-0.3, -0.25) is 9.59 Å². The first-order chi connectivity index (χ1) is 13.0. The molecule has 0 radical (unpaired) electrons. The number of nitrogens with one attached hydrogen (secondary N) is 1. The van der Waals surface area contributed by atoms with Gasteiger partial charge in [0.15, 0.2) is 6.10 Å². The largest absolute Gasteiger partial charge is 0.481 e. The number of ether oxygens (including phenoxy) is 2. The van der Waals surface area contributed by atoms with Crippen LogP contribution in [-0.4, -0.2) is 31.1 Å². The Balaban J connectivity index is 1.92. The van der Waals surface area contributed by atoms with Gasteiger partial charge in [0.2, 0.25) is 0 Å². The van der Waals surface area contributed by atoms with Crippen molar-refractivity contribution < 1.29 is 19.1 Å². The van der Waals surface area contributed by atoms with Crippen LogP contribution in [-0.2, 0) is 20.7 Å². The van der Waals surface area contributed by atoms with Crippen molar-refractivity contribution in [2.24, 2.45) is 5.92 Å². The zero-order chi connectivity index (χ0) is 19.6.